The van der Waals surface area contributed by atoms with E-state index in [1.54, 1.807) is 6.20 Å². The van der Waals surface area contributed by atoms with E-state index < -0.39 is 5.09 Å². The second-order valence-electron chi connectivity index (χ2n) is 4.97. The molecule has 1 aliphatic heterocycles. The molecule has 1 aromatic carbocycles. The summed E-state index contributed by atoms with van der Waals surface area (Å²) in [5, 5.41) is 9.78. The van der Waals surface area contributed by atoms with Crippen LogP contribution in [-0.4, -0.2) is 36.2 Å². The number of hydrogen-bond acceptors (Lipinski definition) is 6. The first-order chi connectivity index (χ1) is 10.7. The number of rotatable bonds is 4. The summed E-state index contributed by atoms with van der Waals surface area (Å²) in [5.74, 6) is 0.230. The molecule has 0 atom stereocenters. The smallest absolute Gasteiger partial charge is 0.299 e. The number of hydrogen-bond donors (Lipinski definition) is 0. The van der Waals surface area contributed by atoms with Gasteiger partial charge < -0.3 is 9.80 Å². The molecule has 114 valence electrons. The van der Waals surface area contributed by atoms with Crippen molar-refractivity contribution in [3.63, 3.8) is 0 Å². The molecule has 0 unspecified atom stereocenters. The van der Waals surface area contributed by atoms with Crippen LogP contribution in [0, 0.1) is 10.1 Å². The Hall–Kier alpha value is -2.83. The highest BCUT2D eigenvalue weighted by Gasteiger charge is 2.20. The lowest BCUT2D eigenvalue weighted by molar-refractivity contribution is -0.710. The standard InChI is InChI=1S/C15H16N4O3/c20-19(21)22-15-6-7-16-12-14(15)18-10-8-17(9-11-18)13-4-2-1-3-5-13/h1-7,12H,8-11H2. The molecule has 0 N–H and O–H groups in total. The van der Waals surface area contributed by atoms with Gasteiger partial charge in [-0.1, -0.05) is 18.2 Å². The van der Waals surface area contributed by atoms with Crippen LogP contribution in [0.3, 0.4) is 0 Å². The molecule has 2 aromatic rings. The van der Waals surface area contributed by atoms with E-state index in [9.17, 15) is 10.1 Å². The minimum atomic E-state index is -0.793. The van der Waals surface area contributed by atoms with E-state index in [1.165, 1.54) is 18.0 Å². The molecular formula is C15H16N4O3. The van der Waals surface area contributed by atoms with Crippen molar-refractivity contribution in [1.29, 1.82) is 0 Å². The average molecular weight is 300 g/mol. The Bertz CT molecular complexity index is 642. The van der Waals surface area contributed by atoms with Crippen molar-refractivity contribution in [3.8, 4) is 5.75 Å². The van der Waals surface area contributed by atoms with Gasteiger partial charge in [-0.3, -0.25) is 9.82 Å². The third-order valence-electron chi connectivity index (χ3n) is 3.68. The zero-order valence-corrected chi connectivity index (χ0v) is 12.0. The van der Waals surface area contributed by atoms with Crippen molar-refractivity contribution < 1.29 is 9.92 Å². The number of aromatic nitrogens is 1. The summed E-state index contributed by atoms with van der Waals surface area (Å²) in [7, 11) is 0. The van der Waals surface area contributed by atoms with Crippen LogP contribution in [-0.2, 0) is 0 Å². The second-order valence-corrected chi connectivity index (χ2v) is 4.97. The summed E-state index contributed by atoms with van der Waals surface area (Å²) >= 11 is 0. The molecule has 1 aromatic heterocycles. The molecule has 7 nitrogen and oxygen atoms in total. The molecule has 3 rings (SSSR count). The third-order valence-corrected chi connectivity index (χ3v) is 3.68. The number of benzene rings is 1. The molecule has 0 spiro atoms. The number of piperazine rings is 1. The lowest BCUT2D eigenvalue weighted by Crippen LogP contribution is -2.46. The summed E-state index contributed by atoms with van der Waals surface area (Å²) in [6, 6.07) is 11.7. The topological polar surface area (TPSA) is 71.7 Å². The zero-order valence-electron chi connectivity index (χ0n) is 12.0. The van der Waals surface area contributed by atoms with Gasteiger partial charge in [0.25, 0.3) is 5.09 Å². The van der Waals surface area contributed by atoms with Gasteiger partial charge in [0, 0.05) is 38.1 Å². The van der Waals surface area contributed by atoms with Crippen molar-refractivity contribution in [2.45, 2.75) is 0 Å². The van der Waals surface area contributed by atoms with E-state index in [2.05, 4.69) is 31.8 Å². The Kier molecular flexibility index (Phi) is 4.04. The zero-order chi connectivity index (χ0) is 15.4. The Morgan fingerprint density at radius 3 is 2.41 bits per heavy atom. The molecule has 7 heteroatoms. The lowest BCUT2D eigenvalue weighted by Gasteiger charge is -2.37. The largest absolute Gasteiger partial charge is 0.368 e. The maximum absolute atomic E-state index is 10.6. The minimum Gasteiger partial charge on any atom is -0.368 e. The predicted octanol–water partition coefficient (Wildman–Crippen LogP) is 1.98. The third kappa shape index (κ3) is 3.08. The average Bonchev–Trinajstić information content (AvgIpc) is 2.56. The fraction of sp³-hybridized carbons (Fsp3) is 0.267. The van der Waals surface area contributed by atoms with Gasteiger partial charge in [-0.25, -0.2) is 0 Å². The molecule has 22 heavy (non-hydrogen) atoms. The summed E-state index contributed by atoms with van der Waals surface area (Å²) in [6.07, 6.45) is 3.10. The van der Waals surface area contributed by atoms with E-state index in [0.717, 1.165) is 26.2 Å². The van der Waals surface area contributed by atoms with Crippen LogP contribution < -0.4 is 14.6 Å². The maximum Gasteiger partial charge on any atom is 0.299 e. The molecule has 0 radical (unpaired) electrons. The normalized spacial score (nSPS) is 14.7. The number of pyridine rings is 1. The Morgan fingerprint density at radius 1 is 1.05 bits per heavy atom. The van der Waals surface area contributed by atoms with E-state index in [-0.39, 0.29) is 5.75 Å². The van der Waals surface area contributed by atoms with E-state index in [1.807, 2.05) is 18.2 Å². The van der Waals surface area contributed by atoms with E-state index >= 15 is 0 Å². The van der Waals surface area contributed by atoms with Crippen molar-refractivity contribution in [3.05, 3.63) is 58.9 Å². The lowest BCUT2D eigenvalue weighted by atomic mass is 10.2. The van der Waals surface area contributed by atoms with Crippen LogP contribution in [0.5, 0.6) is 5.75 Å². The summed E-state index contributed by atoms with van der Waals surface area (Å²) in [6.45, 7) is 3.21. The quantitative estimate of drug-likeness (QED) is 0.635. The van der Waals surface area contributed by atoms with Gasteiger partial charge in [0.05, 0.1) is 11.9 Å². The summed E-state index contributed by atoms with van der Waals surface area (Å²) < 4.78 is 0. The van der Waals surface area contributed by atoms with Crippen molar-refractivity contribution >= 4 is 11.4 Å². The fourth-order valence-corrected chi connectivity index (χ4v) is 2.61. The molecule has 1 fully saturated rings. The van der Waals surface area contributed by atoms with Gasteiger partial charge in [0.15, 0.2) is 5.75 Å². The highest BCUT2D eigenvalue weighted by Crippen LogP contribution is 2.28. The highest BCUT2D eigenvalue weighted by atomic mass is 17.0. The molecule has 0 aliphatic carbocycles. The summed E-state index contributed by atoms with van der Waals surface area (Å²) in [4.78, 5) is 23.6. The molecule has 0 bridgehead atoms. The number of para-hydroxylation sites is 1. The molecule has 2 heterocycles. The highest BCUT2D eigenvalue weighted by molar-refractivity contribution is 5.58. The van der Waals surface area contributed by atoms with E-state index in [4.69, 9.17) is 0 Å². The van der Waals surface area contributed by atoms with Crippen LogP contribution in [0.4, 0.5) is 11.4 Å². The second kappa shape index (κ2) is 6.30. The minimum absolute atomic E-state index is 0.230. The first kappa shape index (κ1) is 14.1. The monoisotopic (exact) mass is 300 g/mol. The van der Waals surface area contributed by atoms with Crippen molar-refractivity contribution in [2.24, 2.45) is 0 Å². The Morgan fingerprint density at radius 2 is 1.73 bits per heavy atom. The van der Waals surface area contributed by atoms with Crippen LogP contribution >= 0.6 is 0 Å². The van der Waals surface area contributed by atoms with Crippen LogP contribution in [0.2, 0.25) is 0 Å². The number of nitrogens with zero attached hydrogens (tertiary/aromatic N) is 4. The van der Waals surface area contributed by atoms with Gasteiger partial charge in [0.2, 0.25) is 0 Å². The van der Waals surface area contributed by atoms with Crippen LogP contribution in [0.1, 0.15) is 0 Å². The SMILES string of the molecule is O=[N+]([O-])Oc1ccncc1N1CCN(c2ccccc2)CC1. The van der Waals surface area contributed by atoms with Crippen LogP contribution in [0.15, 0.2) is 48.8 Å². The molecular weight excluding hydrogens is 284 g/mol. The van der Waals surface area contributed by atoms with Crippen molar-refractivity contribution in [1.82, 2.24) is 4.98 Å². The first-order valence-corrected chi connectivity index (χ1v) is 7.05. The van der Waals surface area contributed by atoms with Gasteiger partial charge in [-0.05, 0) is 18.2 Å². The summed E-state index contributed by atoms with van der Waals surface area (Å²) in [5.41, 5.74) is 1.85. The van der Waals surface area contributed by atoms with E-state index in [0.29, 0.717) is 5.69 Å². The van der Waals surface area contributed by atoms with Gasteiger partial charge in [-0.15, -0.1) is 10.1 Å². The van der Waals surface area contributed by atoms with Crippen molar-refractivity contribution in [2.75, 3.05) is 36.0 Å². The Labute approximate surface area is 127 Å². The fourth-order valence-electron chi connectivity index (χ4n) is 2.61. The molecule has 1 aliphatic rings. The molecule has 0 amide bonds. The van der Waals surface area contributed by atoms with Gasteiger partial charge >= 0.3 is 0 Å². The maximum atomic E-state index is 10.6. The van der Waals surface area contributed by atoms with Crippen LogP contribution in [0.25, 0.3) is 0 Å². The number of anilines is 2. The Balaban J connectivity index is 1.70. The van der Waals surface area contributed by atoms with Gasteiger partial charge in [0.1, 0.15) is 0 Å². The first-order valence-electron chi connectivity index (χ1n) is 7.05. The molecule has 1 saturated heterocycles. The molecule has 0 saturated carbocycles. The van der Waals surface area contributed by atoms with Gasteiger partial charge in [-0.2, -0.15) is 0 Å². The predicted molar refractivity (Wildman–Crippen MR) is 82.7 cm³/mol.